The van der Waals surface area contributed by atoms with Gasteiger partial charge in [-0.3, -0.25) is 9.52 Å². The lowest BCUT2D eigenvalue weighted by atomic mass is 10.2. The zero-order valence-corrected chi connectivity index (χ0v) is 19.0. The van der Waals surface area contributed by atoms with Crippen molar-refractivity contribution in [3.05, 3.63) is 83.4 Å². The van der Waals surface area contributed by atoms with Gasteiger partial charge in [0.15, 0.2) is 0 Å². The Kier molecular flexibility index (Phi) is 7.37. The maximum absolute atomic E-state index is 12.9. The van der Waals surface area contributed by atoms with E-state index in [9.17, 15) is 13.2 Å². The minimum absolute atomic E-state index is 0.121. The van der Waals surface area contributed by atoms with E-state index in [4.69, 9.17) is 9.47 Å². The molecule has 0 aliphatic rings. The van der Waals surface area contributed by atoms with Gasteiger partial charge in [0, 0.05) is 11.3 Å². The van der Waals surface area contributed by atoms with E-state index in [-0.39, 0.29) is 29.4 Å². The van der Waals surface area contributed by atoms with E-state index in [1.165, 1.54) is 25.3 Å². The molecule has 0 saturated heterocycles. The number of carbonyl (C=O) groups is 1. The van der Waals surface area contributed by atoms with Crippen molar-refractivity contribution in [1.82, 2.24) is 5.32 Å². The Bertz CT molecular complexity index is 1190. The Morgan fingerprint density at radius 2 is 1.69 bits per heavy atom. The van der Waals surface area contributed by atoms with E-state index in [2.05, 4.69) is 10.0 Å². The van der Waals surface area contributed by atoms with Crippen LogP contribution in [0.5, 0.6) is 11.5 Å². The first-order chi connectivity index (χ1) is 15.3. The van der Waals surface area contributed by atoms with Crippen LogP contribution in [0, 0.1) is 13.8 Å². The lowest BCUT2D eigenvalue weighted by molar-refractivity contribution is 0.0946. The Morgan fingerprint density at radius 3 is 2.38 bits per heavy atom. The zero-order chi connectivity index (χ0) is 23.1. The van der Waals surface area contributed by atoms with Gasteiger partial charge >= 0.3 is 0 Å². The molecule has 32 heavy (non-hydrogen) atoms. The van der Waals surface area contributed by atoms with Gasteiger partial charge in [-0.1, -0.05) is 29.8 Å². The first-order valence-electron chi connectivity index (χ1n) is 10.0. The van der Waals surface area contributed by atoms with E-state index in [1.54, 1.807) is 24.3 Å². The molecule has 0 radical (unpaired) electrons. The summed E-state index contributed by atoms with van der Waals surface area (Å²) in [6.45, 7) is 4.43. The highest BCUT2D eigenvalue weighted by Crippen LogP contribution is 2.27. The van der Waals surface area contributed by atoms with Gasteiger partial charge in [0.1, 0.15) is 23.0 Å². The maximum Gasteiger partial charge on any atom is 0.265 e. The molecule has 0 bridgehead atoms. The quantitative estimate of drug-likeness (QED) is 0.478. The van der Waals surface area contributed by atoms with Gasteiger partial charge in [-0.2, -0.15) is 0 Å². The summed E-state index contributed by atoms with van der Waals surface area (Å²) in [4.78, 5) is 12.4. The van der Waals surface area contributed by atoms with E-state index >= 15 is 0 Å². The van der Waals surface area contributed by atoms with Crippen molar-refractivity contribution >= 4 is 21.6 Å². The predicted octanol–water partition coefficient (Wildman–Crippen LogP) is 3.92. The number of methoxy groups -OCH3 is 1. The topological polar surface area (TPSA) is 93.7 Å². The van der Waals surface area contributed by atoms with Crippen LogP contribution in [0.25, 0.3) is 0 Å². The van der Waals surface area contributed by atoms with Gasteiger partial charge in [0.2, 0.25) is 0 Å². The Hall–Kier alpha value is -3.52. The first kappa shape index (κ1) is 23.1. The molecule has 0 atom stereocenters. The average Bonchev–Trinajstić information content (AvgIpc) is 2.77. The molecule has 7 nitrogen and oxygen atoms in total. The third kappa shape index (κ3) is 6.01. The Balaban J connectivity index is 1.69. The van der Waals surface area contributed by atoms with Crippen molar-refractivity contribution in [2.75, 3.05) is 25.0 Å². The number of anilines is 1. The van der Waals surface area contributed by atoms with Crippen molar-refractivity contribution < 1.29 is 22.7 Å². The minimum atomic E-state index is -3.97. The molecule has 3 aromatic rings. The third-order valence-electron chi connectivity index (χ3n) is 4.66. The van der Waals surface area contributed by atoms with Crippen molar-refractivity contribution in [3.8, 4) is 11.5 Å². The maximum atomic E-state index is 12.9. The van der Waals surface area contributed by atoms with Gasteiger partial charge in [-0.25, -0.2) is 8.42 Å². The van der Waals surface area contributed by atoms with Crippen LogP contribution in [-0.2, 0) is 10.0 Å². The summed E-state index contributed by atoms with van der Waals surface area (Å²) in [5.74, 6) is 0.454. The lowest BCUT2D eigenvalue weighted by Crippen LogP contribution is -2.28. The van der Waals surface area contributed by atoms with Crippen LogP contribution >= 0.6 is 0 Å². The molecule has 1 amide bonds. The highest BCUT2D eigenvalue weighted by atomic mass is 32.2. The van der Waals surface area contributed by atoms with Crippen molar-refractivity contribution in [3.63, 3.8) is 0 Å². The van der Waals surface area contributed by atoms with Crippen LogP contribution in [-0.4, -0.2) is 34.6 Å². The summed E-state index contributed by atoms with van der Waals surface area (Å²) in [6.07, 6.45) is 0. The summed E-state index contributed by atoms with van der Waals surface area (Å²) in [7, 11) is -2.59. The molecular formula is C24H26N2O5S. The van der Waals surface area contributed by atoms with Gasteiger partial charge in [0.05, 0.1) is 13.7 Å². The molecule has 3 aromatic carbocycles. The molecule has 0 fully saturated rings. The number of aryl methyl sites for hydroxylation is 2. The smallest absolute Gasteiger partial charge is 0.265 e. The number of rotatable bonds is 9. The number of ether oxygens (including phenoxy) is 2. The number of benzene rings is 3. The summed E-state index contributed by atoms with van der Waals surface area (Å²) in [5.41, 5.74) is 2.71. The summed E-state index contributed by atoms with van der Waals surface area (Å²) in [6, 6.07) is 18.8. The van der Waals surface area contributed by atoms with Crippen LogP contribution in [0.3, 0.4) is 0 Å². The van der Waals surface area contributed by atoms with Crippen molar-refractivity contribution in [2.45, 2.75) is 18.7 Å². The highest BCUT2D eigenvalue weighted by molar-refractivity contribution is 7.92. The molecule has 0 aromatic heterocycles. The number of nitrogens with one attached hydrogen (secondary N) is 2. The summed E-state index contributed by atoms with van der Waals surface area (Å²) in [5, 5.41) is 2.74. The van der Waals surface area contributed by atoms with Crippen molar-refractivity contribution in [2.24, 2.45) is 0 Å². The Morgan fingerprint density at radius 1 is 0.938 bits per heavy atom. The van der Waals surface area contributed by atoms with Gasteiger partial charge < -0.3 is 14.8 Å². The molecule has 0 spiro atoms. The number of hydrogen-bond acceptors (Lipinski definition) is 5. The molecular weight excluding hydrogens is 428 g/mol. The standard InChI is InChI=1S/C24H26N2O5S/c1-17-7-10-20(11-8-17)26-32(28,29)23-16-19(9-12-22(23)30-3)24(27)25-13-14-31-21-6-4-5-18(2)15-21/h4-12,15-16,26H,13-14H2,1-3H3,(H,25,27). The van der Waals surface area contributed by atoms with Crippen LogP contribution < -0.4 is 19.5 Å². The largest absolute Gasteiger partial charge is 0.495 e. The van der Waals surface area contributed by atoms with E-state index in [1.807, 2.05) is 38.1 Å². The minimum Gasteiger partial charge on any atom is -0.495 e. The second-order valence-electron chi connectivity index (χ2n) is 7.26. The second kappa shape index (κ2) is 10.2. The fourth-order valence-corrected chi connectivity index (χ4v) is 4.26. The monoisotopic (exact) mass is 454 g/mol. The van der Waals surface area contributed by atoms with Crippen molar-refractivity contribution in [1.29, 1.82) is 0 Å². The molecule has 8 heteroatoms. The van der Waals surface area contributed by atoms with E-state index in [0.29, 0.717) is 5.69 Å². The summed E-state index contributed by atoms with van der Waals surface area (Å²) >= 11 is 0. The number of sulfonamides is 1. The molecule has 0 aliphatic heterocycles. The van der Waals surface area contributed by atoms with Crippen LogP contribution in [0.1, 0.15) is 21.5 Å². The lowest BCUT2D eigenvalue weighted by Gasteiger charge is -2.13. The molecule has 0 unspecified atom stereocenters. The number of amides is 1. The Labute approximate surface area is 188 Å². The molecule has 3 rings (SSSR count). The molecule has 0 heterocycles. The fraction of sp³-hybridized carbons (Fsp3) is 0.208. The van der Waals surface area contributed by atoms with Crippen LogP contribution in [0.15, 0.2) is 71.6 Å². The second-order valence-corrected chi connectivity index (χ2v) is 8.91. The van der Waals surface area contributed by atoms with Crippen LogP contribution in [0.2, 0.25) is 0 Å². The molecule has 0 aliphatic carbocycles. The predicted molar refractivity (Wildman–Crippen MR) is 124 cm³/mol. The van der Waals surface area contributed by atoms with E-state index in [0.717, 1.165) is 16.9 Å². The molecule has 0 saturated carbocycles. The van der Waals surface area contributed by atoms with Gasteiger partial charge in [-0.05, 0) is 61.9 Å². The summed E-state index contributed by atoms with van der Waals surface area (Å²) < 4.78 is 39.2. The van der Waals surface area contributed by atoms with E-state index < -0.39 is 15.9 Å². The number of carbonyl (C=O) groups excluding carboxylic acids is 1. The van der Waals surface area contributed by atoms with Gasteiger partial charge in [0.25, 0.3) is 15.9 Å². The van der Waals surface area contributed by atoms with Crippen LogP contribution in [0.4, 0.5) is 5.69 Å². The third-order valence-corrected chi connectivity index (χ3v) is 6.07. The fourth-order valence-electron chi connectivity index (χ4n) is 3.00. The molecule has 168 valence electrons. The SMILES string of the molecule is COc1ccc(C(=O)NCCOc2cccc(C)c2)cc1S(=O)(=O)Nc1ccc(C)cc1. The zero-order valence-electron chi connectivity index (χ0n) is 18.2. The molecule has 2 N–H and O–H groups in total. The normalized spacial score (nSPS) is 11.0. The number of hydrogen-bond donors (Lipinski definition) is 2. The average molecular weight is 455 g/mol. The van der Waals surface area contributed by atoms with Gasteiger partial charge in [-0.15, -0.1) is 0 Å². The highest BCUT2D eigenvalue weighted by Gasteiger charge is 2.22. The first-order valence-corrected chi connectivity index (χ1v) is 11.5.